The van der Waals surface area contributed by atoms with Gasteiger partial charge in [0.05, 0.1) is 25.2 Å². The molecular formula is C48H87N9O8. The number of hydrogen-bond acceptors (Lipinski definition) is 11. The summed E-state index contributed by atoms with van der Waals surface area (Å²) < 4.78 is 0. The first-order valence-corrected chi connectivity index (χ1v) is 25.9. The van der Waals surface area contributed by atoms with Gasteiger partial charge in [0, 0.05) is 30.7 Å². The van der Waals surface area contributed by atoms with Crippen molar-refractivity contribution in [1.29, 1.82) is 0 Å². The van der Waals surface area contributed by atoms with Gasteiger partial charge in [-0.05, 0) is 109 Å². The van der Waals surface area contributed by atoms with Crippen LogP contribution in [0.4, 0.5) is 0 Å². The lowest BCUT2D eigenvalue weighted by atomic mass is 9.94. The van der Waals surface area contributed by atoms with Gasteiger partial charge < -0.3 is 58.1 Å². The van der Waals surface area contributed by atoms with Crippen molar-refractivity contribution in [3.8, 4) is 0 Å². The molecule has 65 heavy (non-hydrogen) atoms. The van der Waals surface area contributed by atoms with E-state index in [9.17, 15) is 33.9 Å². The second-order valence-corrected chi connectivity index (χ2v) is 19.3. The van der Waals surface area contributed by atoms with E-state index in [4.69, 9.17) is 5.11 Å². The van der Waals surface area contributed by atoms with Crippen LogP contribution in [0.25, 0.3) is 0 Å². The van der Waals surface area contributed by atoms with E-state index in [1.54, 1.807) is 0 Å². The highest BCUT2D eigenvalue weighted by molar-refractivity contribution is 5.93. The van der Waals surface area contributed by atoms with Crippen molar-refractivity contribution in [3.63, 3.8) is 0 Å². The predicted octanol–water partition coefficient (Wildman–Crippen LogP) is 2.93. The Morgan fingerprint density at radius 1 is 0.415 bits per heavy atom. The molecule has 0 aliphatic heterocycles. The van der Waals surface area contributed by atoms with Gasteiger partial charge in [-0.2, -0.15) is 0 Å². The second kappa shape index (κ2) is 32.3. The van der Waals surface area contributed by atoms with Crippen molar-refractivity contribution >= 4 is 35.5 Å². The predicted molar refractivity (Wildman–Crippen MR) is 252 cm³/mol. The van der Waals surface area contributed by atoms with E-state index < -0.39 is 61.5 Å². The van der Waals surface area contributed by atoms with Crippen LogP contribution in [0.15, 0.2) is 0 Å². The first kappa shape index (κ1) is 54.2. The Bertz CT molecular complexity index is 1400. The fourth-order valence-electron chi connectivity index (χ4n) is 10.0. The molecule has 4 atom stereocenters. The summed E-state index contributed by atoms with van der Waals surface area (Å²) in [7, 11) is 0. The summed E-state index contributed by atoms with van der Waals surface area (Å²) in [6.45, 7) is 0.303. The van der Waals surface area contributed by atoms with Crippen molar-refractivity contribution < 1.29 is 39.0 Å². The maximum absolute atomic E-state index is 14.1. The number of nitrogens with one attached hydrogen (secondary N) is 9. The molecule has 372 valence electrons. The number of hydrogen-bond donors (Lipinski definition) is 11. The quantitative estimate of drug-likeness (QED) is 0.0436. The molecule has 0 radical (unpaired) electrons. The SMILES string of the molecule is O=C(O)CNC(=O)C(CO)NC(=O)CNC(=O)C(CCCCNC(=O)C(CCCCNC1CCCCC1)NC1CCCCC1)NC(=O)C(CCCCNC1CCCC1)NC1CCCCC1. The van der Waals surface area contributed by atoms with E-state index in [-0.39, 0.29) is 30.3 Å². The monoisotopic (exact) mass is 918 g/mol. The number of rotatable bonds is 32. The van der Waals surface area contributed by atoms with Crippen molar-refractivity contribution in [3.05, 3.63) is 0 Å². The lowest BCUT2D eigenvalue weighted by molar-refractivity contribution is -0.138. The Kier molecular flexibility index (Phi) is 27.0. The number of aliphatic carboxylic acids is 1. The maximum Gasteiger partial charge on any atom is 0.322 e. The Labute approximate surface area is 388 Å². The third-order valence-corrected chi connectivity index (χ3v) is 13.9. The summed E-state index contributed by atoms with van der Waals surface area (Å²) in [5.74, 6) is -3.77. The molecule has 4 aliphatic rings. The molecule has 0 aromatic carbocycles. The lowest BCUT2D eigenvalue weighted by Gasteiger charge is -2.29. The van der Waals surface area contributed by atoms with E-state index in [0.717, 1.165) is 83.7 Å². The molecule has 0 spiro atoms. The molecule has 17 nitrogen and oxygen atoms in total. The van der Waals surface area contributed by atoms with Gasteiger partial charge in [0.1, 0.15) is 18.6 Å². The normalized spacial score (nSPS) is 19.7. The smallest absolute Gasteiger partial charge is 0.322 e. The zero-order valence-corrected chi connectivity index (χ0v) is 39.5. The molecule has 0 aromatic heterocycles. The first-order chi connectivity index (χ1) is 31.6. The summed E-state index contributed by atoms with van der Waals surface area (Å²) in [6, 6.07) is -1.37. The van der Waals surface area contributed by atoms with Crippen LogP contribution < -0.4 is 47.9 Å². The number of carbonyl (C=O) groups is 6. The Morgan fingerprint density at radius 3 is 1.31 bits per heavy atom. The van der Waals surface area contributed by atoms with E-state index in [2.05, 4.69) is 47.9 Å². The molecule has 5 amide bonds. The highest BCUT2D eigenvalue weighted by Crippen LogP contribution is 2.22. The van der Waals surface area contributed by atoms with Gasteiger partial charge >= 0.3 is 5.97 Å². The highest BCUT2D eigenvalue weighted by atomic mass is 16.4. The number of carboxylic acid groups (broad SMARTS) is 1. The fraction of sp³-hybridized carbons (Fsp3) is 0.875. The molecule has 4 rings (SSSR count). The summed E-state index contributed by atoms with van der Waals surface area (Å²) >= 11 is 0. The van der Waals surface area contributed by atoms with E-state index >= 15 is 0 Å². The van der Waals surface area contributed by atoms with Crippen molar-refractivity contribution in [2.75, 3.05) is 39.3 Å². The van der Waals surface area contributed by atoms with E-state index in [1.807, 2.05) is 0 Å². The molecule has 4 saturated carbocycles. The van der Waals surface area contributed by atoms with Gasteiger partial charge in [0.2, 0.25) is 29.5 Å². The van der Waals surface area contributed by atoms with Gasteiger partial charge in [-0.1, -0.05) is 83.5 Å². The molecular weight excluding hydrogens is 831 g/mol. The van der Waals surface area contributed by atoms with Gasteiger partial charge in [-0.25, -0.2) is 0 Å². The van der Waals surface area contributed by atoms with Crippen LogP contribution >= 0.6 is 0 Å². The number of aliphatic hydroxyl groups is 1. The number of unbranched alkanes of at least 4 members (excludes halogenated alkanes) is 3. The Balaban J connectivity index is 1.32. The van der Waals surface area contributed by atoms with Crippen molar-refractivity contribution in [1.82, 2.24) is 47.9 Å². The van der Waals surface area contributed by atoms with Crippen LogP contribution in [0, 0.1) is 0 Å². The third kappa shape index (κ3) is 22.8. The van der Waals surface area contributed by atoms with E-state index in [0.29, 0.717) is 43.9 Å². The van der Waals surface area contributed by atoms with Crippen LogP contribution in [0.2, 0.25) is 0 Å². The average molecular weight is 918 g/mol. The van der Waals surface area contributed by atoms with E-state index in [1.165, 1.54) is 83.5 Å². The topological polar surface area (TPSA) is 251 Å². The highest BCUT2D eigenvalue weighted by Gasteiger charge is 2.29. The number of amides is 5. The van der Waals surface area contributed by atoms with Gasteiger partial charge in [0.25, 0.3) is 0 Å². The molecule has 0 heterocycles. The van der Waals surface area contributed by atoms with Crippen LogP contribution in [0.3, 0.4) is 0 Å². The summed E-state index contributed by atoms with van der Waals surface area (Å²) in [5.41, 5.74) is 0. The molecule has 17 heteroatoms. The zero-order chi connectivity index (χ0) is 46.5. The summed E-state index contributed by atoms with van der Waals surface area (Å²) in [4.78, 5) is 77.5. The molecule has 0 aromatic rings. The van der Waals surface area contributed by atoms with Crippen molar-refractivity contribution in [2.45, 2.75) is 228 Å². The summed E-state index contributed by atoms with van der Waals surface area (Å²) in [5, 5.41) is 46.4. The molecule has 4 fully saturated rings. The minimum Gasteiger partial charge on any atom is -0.480 e. The number of carbonyl (C=O) groups excluding carboxylic acids is 5. The van der Waals surface area contributed by atoms with Gasteiger partial charge in [-0.15, -0.1) is 0 Å². The number of carboxylic acids is 1. The molecule has 11 N–H and O–H groups in total. The molecule has 4 unspecified atom stereocenters. The van der Waals surface area contributed by atoms with Gasteiger partial charge in [0.15, 0.2) is 0 Å². The minimum absolute atomic E-state index is 0.00248. The molecule has 0 bridgehead atoms. The lowest BCUT2D eigenvalue weighted by Crippen LogP contribution is -2.56. The molecule has 4 aliphatic carbocycles. The number of aliphatic hydroxyl groups excluding tert-OH is 1. The average Bonchev–Trinajstić information content (AvgIpc) is 3.85. The second-order valence-electron chi connectivity index (χ2n) is 19.3. The van der Waals surface area contributed by atoms with Crippen LogP contribution in [-0.2, 0) is 28.8 Å². The maximum atomic E-state index is 14.1. The van der Waals surface area contributed by atoms with Crippen molar-refractivity contribution in [2.24, 2.45) is 0 Å². The standard InChI is InChI=1S/C48H87N9O8/c58-34-42(47(64)53-33-44(60)61)56-43(59)32-52-46(63)40(57-48(65)41(55-38-24-8-3-9-25-38)28-13-16-30-50-36-20-10-11-21-36)27-14-17-31-51-45(62)39(54-37-22-6-2-7-23-37)26-12-15-29-49-35-18-4-1-5-19-35/h35-42,49-50,54-55,58H,1-34H2,(H,51,62)(H,52,63)(H,53,64)(H,56,59)(H,57,65)(H,60,61). The Hall–Kier alpha value is -3.38. The zero-order valence-electron chi connectivity index (χ0n) is 39.5. The fourth-order valence-corrected chi connectivity index (χ4v) is 10.0. The first-order valence-electron chi connectivity index (χ1n) is 25.9. The molecule has 0 saturated heterocycles. The minimum atomic E-state index is -1.41. The van der Waals surface area contributed by atoms with Crippen LogP contribution in [0.5, 0.6) is 0 Å². The van der Waals surface area contributed by atoms with Gasteiger partial charge in [-0.3, -0.25) is 28.8 Å². The summed E-state index contributed by atoms with van der Waals surface area (Å²) in [6.07, 6.45) is 29.1. The Morgan fingerprint density at radius 2 is 0.815 bits per heavy atom. The largest absolute Gasteiger partial charge is 0.480 e. The van der Waals surface area contributed by atoms with Crippen LogP contribution in [-0.4, -0.2) is 133 Å². The van der Waals surface area contributed by atoms with Crippen LogP contribution in [0.1, 0.15) is 180 Å². The third-order valence-electron chi connectivity index (χ3n) is 13.9.